The molecule has 0 aliphatic heterocycles. The largest absolute Gasteiger partial charge is 0.506 e. The normalized spacial score (nSPS) is 15.4. The van der Waals surface area contributed by atoms with Gasteiger partial charge >= 0.3 is 5.97 Å². The first-order chi connectivity index (χ1) is 14.5. The van der Waals surface area contributed by atoms with Crippen LogP contribution in [-0.4, -0.2) is 37.3 Å². The van der Waals surface area contributed by atoms with Crippen LogP contribution < -0.4 is 0 Å². The predicted molar refractivity (Wildman–Crippen MR) is 116 cm³/mol. The summed E-state index contributed by atoms with van der Waals surface area (Å²) in [6.07, 6.45) is 1.83. The standard InChI is InChI=1S/C20H16Br2O9/c1-6(30-7(2)23)19-11(12-15(26)16(27)17(28)18(29)20(12)31-19)13(24)8-3-4-9(21)14(25)10(22)5-8/h4-6,25-29H,3H2,1-2H3. The third-order valence-electron chi connectivity index (χ3n) is 4.55. The first kappa shape index (κ1) is 22.8. The van der Waals surface area contributed by atoms with Crippen molar-refractivity contribution in [3.05, 3.63) is 43.8 Å². The van der Waals surface area contributed by atoms with E-state index >= 15 is 0 Å². The molecule has 1 atom stereocenters. The van der Waals surface area contributed by atoms with E-state index in [9.17, 15) is 35.1 Å². The molecule has 0 fully saturated rings. The van der Waals surface area contributed by atoms with Gasteiger partial charge in [0.1, 0.15) is 5.76 Å². The second kappa shape index (κ2) is 8.31. The summed E-state index contributed by atoms with van der Waals surface area (Å²) in [7, 11) is 0. The number of phenolic OH excluding ortho intramolecular Hbond substituents is 4. The molecule has 1 aromatic carbocycles. The van der Waals surface area contributed by atoms with E-state index in [0.717, 1.165) is 6.92 Å². The summed E-state index contributed by atoms with van der Waals surface area (Å²) in [4.78, 5) is 24.9. The summed E-state index contributed by atoms with van der Waals surface area (Å²) in [5.41, 5.74) is -0.629. The van der Waals surface area contributed by atoms with Gasteiger partial charge in [-0.2, -0.15) is 0 Å². The average molecular weight is 560 g/mol. The second-order valence-electron chi connectivity index (χ2n) is 6.64. The molecule has 0 radical (unpaired) electrons. The molecule has 0 amide bonds. The van der Waals surface area contributed by atoms with E-state index in [1.165, 1.54) is 19.1 Å². The van der Waals surface area contributed by atoms with Crippen molar-refractivity contribution in [3.63, 3.8) is 0 Å². The zero-order valence-electron chi connectivity index (χ0n) is 16.1. The molecule has 1 aliphatic rings. The molecule has 1 aromatic heterocycles. The number of allylic oxidation sites excluding steroid dienone is 5. The van der Waals surface area contributed by atoms with Gasteiger partial charge in [0.25, 0.3) is 0 Å². The highest BCUT2D eigenvalue weighted by atomic mass is 79.9. The average Bonchev–Trinajstić information content (AvgIpc) is 3.06. The molecule has 9 nitrogen and oxygen atoms in total. The second-order valence-corrected chi connectivity index (χ2v) is 8.35. The quantitative estimate of drug-likeness (QED) is 0.153. The van der Waals surface area contributed by atoms with Crippen LogP contribution in [0.2, 0.25) is 0 Å². The zero-order chi connectivity index (χ0) is 23.2. The summed E-state index contributed by atoms with van der Waals surface area (Å²) in [5.74, 6) is -5.64. The summed E-state index contributed by atoms with van der Waals surface area (Å²) in [6, 6.07) is 0. The number of aliphatic hydroxyl groups is 1. The Morgan fingerprint density at radius 1 is 1.06 bits per heavy atom. The molecule has 0 bridgehead atoms. The minimum absolute atomic E-state index is 0.0590. The molecule has 164 valence electrons. The number of hydrogen-bond donors (Lipinski definition) is 5. The third kappa shape index (κ3) is 3.90. The minimum atomic E-state index is -1.12. The lowest BCUT2D eigenvalue weighted by molar-refractivity contribution is -0.146. The van der Waals surface area contributed by atoms with E-state index in [-0.39, 0.29) is 38.9 Å². The van der Waals surface area contributed by atoms with Crippen LogP contribution in [0.3, 0.4) is 0 Å². The molecule has 11 heteroatoms. The van der Waals surface area contributed by atoms with Gasteiger partial charge in [-0.15, -0.1) is 0 Å². The topological polar surface area (TPSA) is 158 Å². The number of ketones is 1. The molecule has 3 rings (SSSR count). The van der Waals surface area contributed by atoms with Crippen LogP contribution in [0.5, 0.6) is 23.0 Å². The molecular formula is C20H16Br2O9. The SMILES string of the molecule is CC(=O)OC(C)c1oc2c(O)c(O)c(O)c(O)c2c1C(=O)C1=CC(Br)=C(O)C(Br)=CC1. The number of carbonyl (C=O) groups is 2. The van der Waals surface area contributed by atoms with E-state index in [1.54, 1.807) is 0 Å². The third-order valence-corrected chi connectivity index (χ3v) is 5.85. The van der Waals surface area contributed by atoms with Gasteiger partial charge in [-0.1, -0.05) is 6.08 Å². The van der Waals surface area contributed by atoms with Gasteiger partial charge in [0, 0.05) is 12.5 Å². The van der Waals surface area contributed by atoms with E-state index in [0.29, 0.717) is 4.48 Å². The Morgan fingerprint density at radius 2 is 1.68 bits per heavy atom. The molecule has 31 heavy (non-hydrogen) atoms. The Morgan fingerprint density at radius 3 is 2.29 bits per heavy atom. The van der Waals surface area contributed by atoms with E-state index in [2.05, 4.69) is 31.9 Å². The zero-order valence-corrected chi connectivity index (χ0v) is 19.2. The van der Waals surface area contributed by atoms with Crippen molar-refractivity contribution in [2.45, 2.75) is 26.4 Å². The number of phenols is 4. The number of aliphatic hydroxyl groups excluding tert-OH is 1. The Balaban J connectivity index is 2.33. The number of Topliss-reactive ketones (excluding diaryl/α,β-unsaturated/α-hetero) is 1. The fourth-order valence-corrected chi connectivity index (χ4v) is 4.25. The first-order valence-electron chi connectivity index (χ1n) is 8.75. The summed E-state index contributed by atoms with van der Waals surface area (Å²) >= 11 is 6.35. The highest BCUT2D eigenvalue weighted by molar-refractivity contribution is 9.12. The van der Waals surface area contributed by atoms with E-state index in [4.69, 9.17) is 9.15 Å². The molecule has 2 aromatic rings. The lowest BCUT2D eigenvalue weighted by Crippen LogP contribution is -2.10. The lowest BCUT2D eigenvalue weighted by Gasteiger charge is -2.12. The molecule has 0 saturated heterocycles. The first-order valence-corrected chi connectivity index (χ1v) is 10.3. The number of furan rings is 1. The molecule has 0 spiro atoms. The van der Waals surface area contributed by atoms with Gasteiger partial charge in [0.05, 0.1) is 19.9 Å². The van der Waals surface area contributed by atoms with Crippen LogP contribution in [0.1, 0.15) is 42.5 Å². The van der Waals surface area contributed by atoms with Gasteiger partial charge in [-0.05, 0) is 51.3 Å². The van der Waals surface area contributed by atoms with Crippen molar-refractivity contribution in [1.29, 1.82) is 0 Å². The Kier molecular flexibility index (Phi) is 6.10. The molecule has 1 unspecified atom stereocenters. The molecule has 1 heterocycles. The highest BCUT2D eigenvalue weighted by Crippen LogP contribution is 2.52. The van der Waals surface area contributed by atoms with Gasteiger partial charge in [-0.25, -0.2) is 0 Å². The van der Waals surface area contributed by atoms with Gasteiger partial charge in [0.15, 0.2) is 29.0 Å². The summed E-state index contributed by atoms with van der Waals surface area (Å²) in [5, 5.41) is 50.1. The maximum absolute atomic E-state index is 13.5. The van der Waals surface area contributed by atoms with Crippen LogP contribution >= 0.6 is 31.9 Å². The van der Waals surface area contributed by atoms with Crippen LogP contribution in [0.25, 0.3) is 11.0 Å². The van der Waals surface area contributed by atoms with Crippen LogP contribution in [0.4, 0.5) is 0 Å². The van der Waals surface area contributed by atoms with Gasteiger partial charge < -0.3 is 34.7 Å². The Labute approximate surface area is 191 Å². The molecule has 5 N–H and O–H groups in total. The van der Waals surface area contributed by atoms with Crippen molar-refractivity contribution in [2.75, 3.05) is 0 Å². The fraction of sp³-hybridized carbons (Fsp3) is 0.200. The Bertz CT molecular complexity index is 1220. The number of aromatic hydroxyl groups is 4. The Hall–Kier alpha value is -2.92. The van der Waals surface area contributed by atoms with Crippen molar-refractivity contribution in [2.24, 2.45) is 0 Å². The summed E-state index contributed by atoms with van der Waals surface area (Å²) in [6.45, 7) is 2.55. The van der Waals surface area contributed by atoms with Crippen molar-refractivity contribution in [3.8, 4) is 23.0 Å². The van der Waals surface area contributed by atoms with Gasteiger partial charge in [0.2, 0.25) is 17.2 Å². The van der Waals surface area contributed by atoms with Crippen LogP contribution in [-0.2, 0) is 9.53 Å². The number of esters is 1. The van der Waals surface area contributed by atoms with Crippen LogP contribution in [0.15, 0.2) is 36.9 Å². The minimum Gasteiger partial charge on any atom is -0.506 e. The number of carbonyl (C=O) groups excluding carboxylic acids is 2. The summed E-state index contributed by atoms with van der Waals surface area (Å²) < 4.78 is 11.2. The molecule has 1 aliphatic carbocycles. The van der Waals surface area contributed by atoms with Crippen molar-refractivity contribution in [1.82, 2.24) is 0 Å². The van der Waals surface area contributed by atoms with Crippen molar-refractivity contribution >= 4 is 54.6 Å². The van der Waals surface area contributed by atoms with E-state index in [1.807, 2.05) is 0 Å². The maximum Gasteiger partial charge on any atom is 0.303 e. The highest BCUT2D eigenvalue weighted by Gasteiger charge is 2.34. The number of hydrogen-bond acceptors (Lipinski definition) is 9. The number of fused-ring (bicyclic) bond motifs is 1. The molecular weight excluding hydrogens is 544 g/mol. The molecule has 0 saturated carbocycles. The predicted octanol–water partition coefficient (Wildman–Crippen LogP) is 4.84. The van der Waals surface area contributed by atoms with Crippen LogP contribution in [0, 0.1) is 0 Å². The maximum atomic E-state index is 13.5. The smallest absolute Gasteiger partial charge is 0.303 e. The number of benzene rings is 1. The monoisotopic (exact) mass is 558 g/mol. The fourth-order valence-electron chi connectivity index (χ4n) is 3.12. The lowest BCUT2D eigenvalue weighted by atomic mass is 9.95. The number of ether oxygens (including phenoxy) is 1. The van der Waals surface area contributed by atoms with Crippen molar-refractivity contribution < 1.29 is 44.3 Å². The van der Waals surface area contributed by atoms with Gasteiger partial charge in [-0.3, -0.25) is 9.59 Å². The number of halogens is 2. The number of rotatable bonds is 4. The van der Waals surface area contributed by atoms with E-state index < -0.39 is 46.4 Å².